The molecular formula is C18H25N2O4+. The summed E-state index contributed by atoms with van der Waals surface area (Å²) in [5, 5.41) is 0. The maximum Gasteiger partial charge on any atom is 0.356 e. The molecule has 0 bridgehead atoms. The van der Waals surface area contributed by atoms with Crippen LogP contribution in [-0.2, 0) is 16.6 Å². The Balaban J connectivity index is 2.36. The van der Waals surface area contributed by atoms with Gasteiger partial charge in [0.05, 0.1) is 27.9 Å². The van der Waals surface area contributed by atoms with Crippen molar-refractivity contribution in [2.45, 2.75) is 25.8 Å². The van der Waals surface area contributed by atoms with Gasteiger partial charge in [-0.3, -0.25) is 0 Å². The van der Waals surface area contributed by atoms with Gasteiger partial charge in [0.1, 0.15) is 12.4 Å². The van der Waals surface area contributed by atoms with E-state index in [1.807, 2.05) is 47.0 Å². The number of benzene rings is 1. The van der Waals surface area contributed by atoms with E-state index in [2.05, 4.69) is 6.92 Å². The number of rotatable bonds is 8. The van der Waals surface area contributed by atoms with Crippen molar-refractivity contribution in [3.63, 3.8) is 0 Å². The molecule has 2 aromatic rings. The van der Waals surface area contributed by atoms with Gasteiger partial charge in [0, 0.05) is 5.56 Å². The quantitative estimate of drug-likeness (QED) is 0.422. The standard InChI is InChI=1S/C18H25N2O4/c1-5-6-11-24-18(21)17(20-10-9-19(2)13-20)14-7-8-15(22-3)16(12-14)23-4/h7-10,12-13,17H,5-6,11H2,1-4H3/q+1. The molecule has 1 heterocycles. The van der Waals surface area contributed by atoms with Crippen LogP contribution in [0.5, 0.6) is 11.5 Å². The zero-order valence-corrected chi connectivity index (χ0v) is 14.7. The van der Waals surface area contributed by atoms with E-state index in [4.69, 9.17) is 14.2 Å². The van der Waals surface area contributed by atoms with Gasteiger partial charge < -0.3 is 14.2 Å². The van der Waals surface area contributed by atoms with Crippen LogP contribution in [0, 0.1) is 0 Å². The van der Waals surface area contributed by atoms with Crippen LogP contribution in [0.4, 0.5) is 0 Å². The summed E-state index contributed by atoms with van der Waals surface area (Å²) < 4.78 is 19.8. The molecule has 130 valence electrons. The molecule has 24 heavy (non-hydrogen) atoms. The lowest BCUT2D eigenvalue weighted by Gasteiger charge is -2.16. The molecule has 2 rings (SSSR count). The fraction of sp³-hybridized carbons (Fsp3) is 0.444. The number of methoxy groups -OCH3 is 2. The van der Waals surface area contributed by atoms with Gasteiger partial charge >= 0.3 is 5.97 Å². The Bertz CT molecular complexity index is 681. The van der Waals surface area contributed by atoms with Gasteiger partial charge in [0.15, 0.2) is 11.5 Å². The summed E-state index contributed by atoms with van der Waals surface area (Å²) in [6, 6.07) is 4.89. The lowest BCUT2D eigenvalue weighted by Crippen LogP contribution is -2.27. The van der Waals surface area contributed by atoms with Crippen LogP contribution in [0.15, 0.2) is 36.9 Å². The molecule has 0 aliphatic heterocycles. The number of carbonyl (C=O) groups excluding carboxylic acids is 1. The topological polar surface area (TPSA) is 53.6 Å². The Labute approximate surface area is 142 Å². The predicted molar refractivity (Wildman–Crippen MR) is 89.2 cm³/mol. The number of imidazole rings is 1. The molecule has 0 saturated heterocycles. The predicted octanol–water partition coefficient (Wildman–Crippen LogP) is 2.26. The van der Waals surface area contributed by atoms with Crippen LogP contribution >= 0.6 is 0 Å². The van der Waals surface area contributed by atoms with E-state index in [1.165, 1.54) is 0 Å². The summed E-state index contributed by atoms with van der Waals surface area (Å²) in [4.78, 5) is 12.7. The smallest absolute Gasteiger partial charge is 0.356 e. The Morgan fingerprint density at radius 2 is 2.00 bits per heavy atom. The highest BCUT2D eigenvalue weighted by Gasteiger charge is 2.29. The molecule has 0 fully saturated rings. The molecule has 0 N–H and O–H groups in total. The minimum absolute atomic E-state index is 0.285. The van der Waals surface area contributed by atoms with Gasteiger partial charge in [-0.05, 0) is 18.6 Å². The summed E-state index contributed by atoms with van der Waals surface area (Å²) in [7, 11) is 5.07. The second kappa shape index (κ2) is 8.38. The monoisotopic (exact) mass is 333 g/mol. The fourth-order valence-corrected chi connectivity index (χ4v) is 2.47. The lowest BCUT2D eigenvalue weighted by molar-refractivity contribution is -0.671. The number of esters is 1. The number of aryl methyl sites for hydroxylation is 1. The molecule has 0 saturated carbocycles. The van der Waals surface area contributed by atoms with Gasteiger partial charge in [0.25, 0.3) is 0 Å². The van der Waals surface area contributed by atoms with Gasteiger partial charge in [0.2, 0.25) is 12.4 Å². The number of aromatic nitrogens is 2. The molecule has 6 heteroatoms. The van der Waals surface area contributed by atoms with E-state index in [0.717, 1.165) is 18.4 Å². The van der Waals surface area contributed by atoms with Gasteiger partial charge in [-0.15, -0.1) is 0 Å². The third kappa shape index (κ3) is 4.07. The van der Waals surface area contributed by atoms with Gasteiger partial charge in [-0.2, -0.15) is 0 Å². The Morgan fingerprint density at radius 1 is 1.25 bits per heavy atom. The fourth-order valence-electron chi connectivity index (χ4n) is 2.47. The van der Waals surface area contributed by atoms with Gasteiger partial charge in [-0.25, -0.2) is 13.9 Å². The molecule has 1 atom stereocenters. The minimum atomic E-state index is -0.567. The van der Waals surface area contributed by atoms with Crippen LogP contribution in [0.25, 0.3) is 0 Å². The summed E-state index contributed by atoms with van der Waals surface area (Å²) >= 11 is 0. The van der Waals surface area contributed by atoms with E-state index in [-0.39, 0.29) is 5.97 Å². The molecule has 0 radical (unpaired) electrons. The Hall–Kier alpha value is -2.50. The normalized spacial score (nSPS) is 11.8. The molecule has 0 aliphatic carbocycles. The molecule has 0 spiro atoms. The number of hydrogen-bond donors (Lipinski definition) is 0. The first-order valence-electron chi connectivity index (χ1n) is 8.02. The van der Waals surface area contributed by atoms with Crippen LogP contribution in [0.1, 0.15) is 31.4 Å². The van der Waals surface area contributed by atoms with Crippen LogP contribution < -0.4 is 14.0 Å². The average molecular weight is 333 g/mol. The van der Waals surface area contributed by atoms with Crippen molar-refractivity contribution in [2.75, 3.05) is 20.8 Å². The maximum absolute atomic E-state index is 12.7. The van der Waals surface area contributed by atoms with Crippen molar-refractivity contribution in [3.05, 3.63) is 42.5 Å². The SMILES string of the molecule is CCCCOC(=O)C(c1ccc(OC)c(OC)c1)n1cc[n+](C)c1. The third-order valence-electron chi connectivity index (χ3n) is 3.78. The number of ether oxygens (including phenoxy) is 3. The molecular weight excluding hydrogens is 308 g/mol. The number of unbranched alkanes of at least 4 members (excludes halogenated alkanes) is 1. The third-order valence-corrected chi connectivity index (χ3v) is 3.78. The second-order valence-corrected chi connectivity index (χ2v) is 5.56. The zero-order chi connectivity index (χ0) is 17.5. The molecule has 1 unspecified atom stereocenters. The number of hydrogen-bond acceptors (Lipinski definition) is 4. The van der Waals surface area contributed by atoms with E-state index in [0.29, 0.717) is 18.1 Å². The summed E-state index contributed by atoms with van der Waals surface area (Å²) in [5.41, 5.74) is 0.783. The highest BCUT2D eigenvalue weighted by Crippen LogP contribution is 2.31. The molecule has 6 nitrogen and oxygen atoms in total. The first kappa shape index (κ1) is 17.8. The second-order valence-electron chi connectivity index (χ2n) is 5.56. The van der Waals surface area contributed by atoms with E-state index >= 15 is 0 Å². The van der Waals surface area contributed by atoms with E-state index in [1.54, 1.807) is 20.3 Å². The molecule has 1 aromatic carbocycles. The molecule has 0 amide bonds. The summed E-state index contributed by atoms with van der Waals surface area (Å²) in [6.07, 6.45) is 7.41. The van der Waals surface area contributed by atoms with Crippen molar-refractivity contribution < 1.29 is 23.6 Å². The van der Waals surface area contributed by atoms with Crippen LogP contribution in [0.3, 0.4) is 0 Å². The first-order chi connectivity index (χ1) is 11.6. The summed E-state index contributed by atoms with van der Waals surface area (Å²) in [6.45, 7) is 2.48. The van der Waals surface area contributed by atoms with Crippen LogP contribution in [0.2, 0.25) is 0 Å². The molecule has 1 aromatic heterocycles. The first-order valence-corrected chi connectivity index (χ1v) is 8.02. The van der Waals surface area contributed by atoms with E-state index < -0.39 is 6.04 Å². The minimum Gasteiger partial charge on any atom is -0.493 e. The average Bonchev–Trinajstić information content (AvgIpc) is 3.01. The van der Waals surface area contributed by atoms with Crippen molar-refractivity contribution in [2.24, 2.45) is 7.05 Å². The van der Waals surface area contributed by atoms with Crippen molar-refractivity contribution in [1.29, 1.82) is 0 Å². The van der Waals surface area contributed by atoms with Crippen molar-refractivity contribution >= 4 is 5.97 Å². The highest BCUT2D eigenvalue weighted by atomic mass is 16.5. The van der Waals surface area contributed by atoms with Crippen LogP contribution in [-0.4, -0.2) is 31.4 Å². The van der Waals surface area contributed by atoms with Crippen molar-refractivity contribution in [3.8, 4) is 11.5 Å². The van der Waals surface area contributed by atoms with Crippen molar-refractivity contribution in [1.82, 2.24) is 4.57 Å². The molecule has 0 aliphatic rings. The summed E-state index contributed by atoms with van der Waals surface area (Å²) in [5.74, 6) is 0.919. The zero-order valence-electron chi connectivity index (χ0n) is 14.7. The lowest BCUT2D eigenvalue weighted by atomic mass is 10.1. The largest absolute Gasteiger partial charge is 0.493 e. The van der Waals surface area contributed by atoms with E-state index in [9.17, 15) is 4.79 Å². The maximum atomic E-state index is 12.7. The highest BCUT2D eigenvalue weighted by molar-refractivity contribution is 5.78. The number of carbonyl (C=O) groups is 1. The number of nitrogens with zero attached hydrogens (tertiary/aromatic N) is 2. The Kier molecular flexibility index (Phi) is 6.23. The van der Waals surface area contributed by atoms with Gasteiger partial charge in [-0.1, -0.05) is 19.4 Å². The Morgan fingerprint density at radius 3 is 2.58 bits per heavy atom.